The van der Waals surface area contributed by atoms with Crippen molar-refractivity contribution in [1.82, 2.24) is 14.8 Å². The van der Waals surface area contributed by atoms with Crippen LogP contribution in [0.4, 0.5) is 5.69 Å². The first kappa shape index (κ1) is 19.9. The SMILES string of the molecule is Cn1c(COc2ccc(Br)cc2)nnc1SCC(=O)Nc1ccc(Br)cc1. The average molecular weight is 512 g/mol. The third-order valence-electron chi connectivity index (χ3n) is 3.57. The van der Waals surface area contributed by atoms with Gasteiger partial charge in [-0.1, -0.05) is 43.6 Å². The topological polar surface area (TPSA) is 69.0 Å². The number of hydrogen-bond donors (Lipinski definition) is 1. The Morgan fingerprint density at radius 3 is 2.37 bits per heavy atom. The molecule has 0 aliphatic heterocycles. The summed E-state index contributed by atoms with van der Waals surface area (Å²) < 4.78 is 9.51. The van der Waals surface area contributed by atoms with Crippen LogP contribution in [0.5, 0.6) is 5.75 Å². The fraction of sp³-hybridized carbons (Fsp3) is 0.167. The normalized spacial score (nSPS) is 10.6. The Kier molecular flexibility index (Phi) is 6.92. The minimum Gasteiger partial charge on any atom is -0.486 e. The minimum absolute atomic E-state index is 0.0991. The lowest BCUT2D eigenvalue weighted by Crippen LogP contribution is -2.14. The first-order valence-corrected chi connectivity index (χ1v) is 10.5. The molecule has 0 bridgehead atoms. The van der Waals surface area contributed by atoms with Crippen LogP contribution in [-0.4, -0.2) is 26.4 Å². The Morgan fingerprint density at radius 1 is 1.07 bits per heavy atom. The third-order valence-corrected chi connectivity index (χ3v) is 5.64. The van der Waals surface area contributed by atoms with E-state index >= 15 is 0 Å². The van der Waals surface area contributed by atoms with Crippen molar-refractivity contribution >= 4 is 55.2 Å². The predicted octanol–water partition coefficient (Wildman–Crippen LogP) is 4.65. The molecular weight excluding hydrogens is 496 g/mol. The molecule has 1 N–H and O–H groups in total. The zero-order valence-electron chi connectivity index (χ0n) is 14.4. The lowest BCUT2D eigenvalue weighted by Gasteiger charge is -2.07. The highest BCUT2D eigenvalue weighted by Crippen LogP contribution is 2.20. The summed E-state index contributed by atoms with van der Waals surface area (Å²) in [7, 11) is 1.86. The number of carbonyl (C=O) groups excluding carboxylic acids is 1. The average Bonchev–Trinajstić information content (AvgIpc) is 3.01. The number of carbonyl (C=O) groups is 1. The van der Waals surface area contributed by atoms with Crippen molar-refractivity contribution in [2.24, 2.45) is 7.05 Å². The van der Waals surface area contributed by atoms with Crippen molar-refractivity contribution in [3.8, 4) is 5.75 Å². The first-order valence-electron chi connectivity index (χ1n) is 7.96. The van der Waals surface area contributed by atoms with E-state index in [-0.39, 0.29) is 11.7 Å². The Bertz CT molecular complexity index is 914. The number of halogens is 2. The molecule has 1 aromatic heterocycles. The van der Waals surface area contributed by atoms with Crippen LogP contribution in [0.15, 0.2) is 62.6 Å². The molecule has 1 amide bonds. The summed E-state index contributed by atoms with van der Waals surface area (Å²) in [4.78, 5) is 12.1. The zero-order valence-corrected chi connectivity index (χ0v) is 18.3. The highest BCUT2D eigenvalue weighted by molar-refractivity contribution is 9.10. The zero-order chi connectivity index (χ0) is 19.2. The number of benzene rings is 2. The smallest absolute Gasteiger partial charge is 0.234 e. The molecule has 0 saturated heterocycles. The maximum Gasteiger partial charge on any atom is 0.234 e. The van der Waals surface area contributed by atoms with Crippen LogP contribution in [0.2, 0.25) is 0 Å². The summed E-state index contributed by atoms with van der Waals surface area (Å²) >= 11 is 8.08. The summed E-state index contributed by atoms with van der Waals surface area (Å²) in [5.41, 5.74) is 0.755. The van der Waals surface area contributed by atoms with Crippen LogP contribution in [-0.2, 0) is 18.4 Å². The molecule has 0 aliphatic carbocycles. The highest BCUT2D eigenvalue weighted by atomic mass is 79.9. The Hall–Kier alpha value is -1.84. The molecule has 27 heavy (non-hydrogen) atoms. The van der Waals surface area contributed by atoms with E-state index in [0.29, 0.717) is 17.6 Å². The summed E-state index contributed by atoms with van der Waals surface area (Å²) in [5.74, 6) is 1.59. The lowest BCUT2D eigenvalue weighted by atomic mass is 10.3. The van der Waals surface area contributed by atoms with Crippen LogP contribution in [0.1, 0.15) is 5.82 Å². The van der Waals surface area contributed by atoms with Gasteiger partial charge in [0.05, 0.1) is 5.75 Å². The summed E-state index contributed by atoms with van der Waals surface area (Å²) in [6.07, 6.45) is 0. The maximum atomic E-state index is 12.1. The molecule has 3 rings (SSSR count). The van der Waals surface area contributed by atoms with E-state index in [1.807, 2.05) is 60.1 Å². The van der Waals surface area contributed by atoms with E-state index in [2.05, 4.69) is 47.4 Å². The minimum atomic E-state index is -0.0991. The van der Waals surface area contributed by atoms with Gasteiger partial charge in [0.1, 0.15) is 12.4 Å². The van der Waals surface area contributed by atoms with Gasteiger partial charge in [-0.15, -0.1) is 10.2 Å². The Balaban J connectivity index is 1.51. The highest BCUT2D eigenvalue weighted by Gasteiger charge is 2.12. The van der Waals surface area contributed by atoms with Gasteiger partial charge in [-0.05, 0) is 48.5 Å². The molecule has 0 spiro atoms. The van der Waals surface area contributed by atoms with Crippen LogP contribution in [0.3, 0.4) is 0 Å². The predicted molar refractivity (Wildman–Crippen MR) is 113 cm³/mol. The van der Waals surface area contributed by atoms with Crippen LogP contribution < -0.4 is 10.1 Å². The van der Waals surface area contributed by atoms with E-state index in [1.54, 1.807) is 0 Å². The molecule has 0 saturated carbocycles. The molecule has 0 unspecified atom stereocenters. The number of nitrogens with zero attached hydrogens (tertiary/aromatic N) is 3. The standard InChI is InChI=1S/C18H16Br2N4O2S/c1-24-16(10-26-15-8-4-13(20)5-9-15)22-23-18(24)27-11-17(25)21-14-6-2-12(19)3-7-14/h2-9H,10-11H2,1H3,(H,21,25). The molecule has 2 aromatic carbocycles. The van der Waals surface area contributed by atoms with Gasteiger partial charge < -0.3 is 14.6 Å². The number of anilines is 1. The molecule has 0 radical (unpaired) electrons. The molecular formula is C18H16Br2N4O2S. The summed E-state index contributed by atoms with van der Waals surface area (Å²) in [6, 6.07) is 15.0. The van der Waals surface area contributed by atoms with Crippen LogP contribution in [0, 0.1) is 0 Å². The molecule has 0 atom stereocenters. The van der Waals surface area contributed by atoms with Crippen LogP contribution in [0.25, 0.3) is 0 Å². The van der Waals surface area contributed by atoms with Gasteiger partial charge in [0.25, 0.3) is 0 Å². The van der Waals surface area contributed by atoms with Crippen molar-refractivity contribution < 1.29 is 9.53 Å². The number of nitrogens with one attached hydrogen (secondary N) is 1. The molecule has 1 heterocycles. The quantitative estimate of drug-likeness (QED) is 0.467. The van der Waals surface area contributed by atoms with Gasteiger partial charge in [0.15, 0.2) is 11.0 Å². The Morgan fingerprint density at radius 2 is 1.70 bits per heavy atom. The number of thioether (sulfide) groups is 1. The van der Waals surface area contributed by atoms with E-state index in [0.717, 1.165) is 20.4 Å². The van der Waals surface area contributed by atoms with Crippen molar-refractivity contribution in [2.45, 2.75) is 11.8 Å². The van der Waals surface area contributed by atoms with Crippen molar-refractivity contribution in [1.29, 1.82) is 0 Å². The van der Waals surface area contributed by atoms with Gasteiger partial charge in [-0.25, -0.2) is 0 Å². The third kappa shape index (κ3) is 5.82. The van der Waals surface area contributed by atoms with Crippen LogP contribution >= 0.6 is 43.6 Å². The van der Waals surface area contributed by atoms with E-state index < -0.39 is 0 Å². The largest absolute Gasteiger partial charge is 0.486 e. The van der Waals surface area contributed by atoms with Crippen molar-refractivity contribution in [3.63, 3.8) is 0 Å². The number of ether oxygens (including phenoxy) is 1. The molecule has 140 valence electrons. The Labute approximate surface area is 178 Å². The molecule has 6 nitrogen and oxygen atoms in total. The number of hydrogen-bond acceptors (Lipinski definition) is 5. The van der Waals surface area contributed by atoms with E-state index in [9.17, 15) is 4.79 Å². The van der Waals surface area contributed by atoms with E-state index in [4.69, 9.17) is 4.74 Å². The maximum absolute atomic E-state index is 12.1. The molecule has 9 heteroatoms. The summed E-state index contributed by atoms with van der Waals surface area (Å²) in [6.45, 7) is 0.302. The molecule has 3 aromatic rings. The van der Waals surface area contributed by atoms with Gasteiger partial charge in [0.2, 0.25) is 5.91 Å². The van der Waals surface area contributed by atoms with Gasteiger partial charge >= 0.3 is 0 Å². The number of aromatic nitrogens is 3. The second kappa shape index (κ2) is 9.38. The first-order chi connectivity index (χ1) is 13.0. The van der Waals surface area contributed by atoms with E-state index in [1.165, 1.54) is 11.8 Å². The van der Waals surface area contributed by atoms with Gasteiger partial charge in [0, 0.05) is 21.7 Å². The van der Waals surface area contributed by atoms with Gasteiger partial charge in [-0.3, -0.25) is 4.79 Å². The number of rotatable bonds is 7. The molecule has 0 aliphatic rings. The molecule has 0 fully saturated rings. The van der Waals surface area contributed by atoms with Crippen molar-refractivity contribution in [3.05, 3.63) is 63.3 Å². The second-order valence-electron chi connectivity index (χ2n) is 5.54. The lowest BCUT2D eigenvalue weighted by molar-refractivity contribution is -0.113. The number of amides is 1. The van der Waals surface area contributed by atoms with Gasteiger partial charge in [-0.2, -0.15) is 0 Å². The van der Waals surface area contributed by atoms with Crippen molar-refractivity contribution in [2.75, 3.05) is 11.1 Å². The fourth-order valence-corrected chi connectivity index (χ4v) is 3.39. The second-order valence-corrected chi connectivity index (χ2v) is 8.32. The summed E-state index contributed by atoms with van der Waals surface area (Å²) in [5, 5.41) is 11.8. The fourth-order valence-electron chi connectivity index (χ4n) is 2.14. The monoisotopic (exact) mass is 510 g/mol.